The Morgan fingerprint density at radius 1 is 1.25 bits per heavy atom. The van der Waals surface area contributed by atoms with E-state index in [0.717, 1.165) is 0 Å². The molecule has 0 saturated heterocycles. The van der Waals surface area contributed by atoms with Gasteiger partial charge in [-0.2, -0.15) is 0 Å². The molecule has 0 bridgehead atoms. The second kappa shape index (κ2) is 6.49. The van der Waals surface area contributed by atoms with Crippen LogP contribution in [0.1, 0.15) is 11.5 Å². The number of rotatable bonds is 5. The quantitative estimate of drug-likeness (QED) is 0.516. The molecular formula is C17H13FN2O4. The van der Waals surface area contributed by atoms with Gasteiger partial charge in [-0.05, 0) is 43.3 Å². The number of ether oxygens (including phenoxy) is 1. The first-order valence-electron chi connectivity index (χ1n) is 7.11. The highest BCUT2D eigenvalue weighted by molar-refractivity contribution is 5.55. The van der Waals surface area contributed by atoms with Crippen LogP contribution in [0, 0.1) is 22.9 Å². The number of nitrogens with zero attached hydrogens (tertiary/aromatic N) is 2. The Hall–Kier alpha value is -3.22. The summed E-state index contributed by atoms with van der Waals surface area (Å²) in [5, 5.41) is 10.8. The van der Waals surface area contributed by atoms with Gasteiger partial charge in [0.2, 0.25) is 5.89 Å². The van der Waals surface area contributed by atoms with Crippen molar-refractivity contribution in [3.63, 3.8) is 0 Å². The summed E-state index contributed by atoms with van der Waals surface area (Å²) in [6.07, 6.45) is 1.53. The normalized spacial score (nSPS) is 10.6. The van der Waals surface area contributed by atoms with Crippen LogP contribution in [0.15, 0.2) is 53.1 Å². The molecule has 1 heterocycles. The molecule has 0 radical (unpaired) electrons. The summed E-state index contributed by atoms with van der Waals surface area (Å²) < 4.78 is 24.0. The van der Waals surface area contributed by atoms with Crippen molar-refractivity contribution < 1.29 is 18.5 Å². The number of oxazole rings is 1. The molecule has 0 N–H and O–H groups in total. The summed E-state index contributed by atoms with van der Waals surface area (Å²) >= 11 is 0. The summed E-state index contributed by atoms with van der Waals surface area (Å²) in [5.74, 6) is 1.02. The first-order valence-corrected chi connectivity index (χ1v) is 7.11. The Kier molecular flexibility index (Phi) is 4.24. The zero-order chi connectivity index (χ0) is 17.1. The number of aryl methyl sites for hydroxylation is 1. The van der Waals surface area contributed by atoms with Crippen LogP contribution in [0.25, 0.3) is 11.3 Å². The van der Waals surface area contributed by atoms with Crippen LogP contribution in [0.5, 0.6) is 5.75 Å². The van der Waals surface area contributed by atoms with Crippen molar-refractivity contribution in [2.24, 2.45) is 0 Å². The first-order chi connectivity index (χ1) is 11.5. The minimum Gasteiger partial charge on any atom is -0.484 e. The van der Waals surface area contributed by atoms with Gasteiger partial charge in [0.05, 0.1) is 11.1 Å². The highest BCUT2D eigenvalue weighted by atomic mass is 19.1. The molecule has 0 amide bonds. The zero-order valence-electron chi connectivity index (χ0n) is 12.7. The van der Waals surface area contributed by atoms with Gasteiger partial charge in [0.1, 0.15) is 11.6 Å². The van der Waals surface area contributed by atoms with Gasteiger partial charge < -0.3 is 9.15 Å². The van der Waals surface area contributed by atoms with Crippen molar-refractivity contribution in [3.8, 4) is 17.1 Å². The van der Waals surface area contributed by atoms with Crippen LogP contribution < -0.4 is 4.74 Å². The lowest BCUT2D eigenvalue weighted by atomic mass is 10.2. The van der Waals surface area contributed by atoms with Crippen molar-refractivity contribution in [2.75, 3.05) is 0 Å². The predicted octanol–water partition coefficient (Wildman–Crippen LogP) is 4.28. The molecule has 1 aromatic heterocycles. The molecular weight excluding hydrogens is 315 g/mol. The molecule has 0 spiro atoms. The maximum atomic E-state index is 12.9. The molecule has 0 unspecified atom stereocenters. The molecule has 3 rings (SSSR count). The molecule has 6 nitrogen and oxygen atoms in total. The van der Waals surface area contributed by atoms with Crippen LogP contribution in [0.2, 0.25) is 0 Å². The molecule has 0 aliphatic heterocycles. The third-order valence-corrected chi connectivity index (χ3v) is 3.41. The summed E-state index contributed by atoms with van der Waals surface area (Å²) in [5.41, 5.74) is 1.26. The number of aromatic nitrogens is 1. The molecule has 0 fully saturated rings. The fourth-order valence-electron chi connectivity index (χ4n) is 2.19. The van der Waals surface area contributed by atoms with E-state index in [1.54, 1.807) is 25.1 Å². The van der Waals surface area contributed by atoms with Crippen molar-refractivity contribution in [1.29, 1.82) is 0 Å². The summed E-state index contributed by atoms with van der Waals surface area (Å²) in [7, 11) is 0. The van der Waals surface area contributed by atoms with Gasteiger partial charge in [-0.1, -0.05) is 0 Å². The number of halogens is 1. The molecule has 7 heteroatoms. The largest absolute Gasteiger partial charge is 0.484 e. The van der Waals surface area contributed by atoms with E-state index in [0.29, 0.717) is 28.5 Å². The fraction of sp³-hybridized carbons (Fsp3) is 0.118. The minimum absolute atomic E-state index is 0.0390. The van der Waals surface area contributed by atoms with Gasteiger partial charge in [0.25, 0.3) is 5.69 Å². The standard InChI is InChI=1S/C17H13FN2O4/c1-11-8-14(6-7-15(11)20(21)22)23-10-17-19-9-16(24-17)12-2-4-13(18)5-3-12/h2-9H,10H2,1H3. The topological polar surface area (TPSA) is 78.4 Å². The average Bonchev–Trinajstić information content (AvgIpc) is 3.02. The molecule has 24 heavy (non-hydrogen) atoms. The van der Waals surface area contributed by atoms with Gasteiger partial charge in [-0.3, -0.25) is 10.1 Å². The summed E-state index contributed by atoms with van der Waals surface area (Å²) in [6, 6.07) is 10.4. The summed E-state index contributed by atoms with van der Waals surface area (Å²) in [6.45, 7) is 1.72. The van der Waals surface area contributed by atoms with Gasteiger partial charge in [-0.25, -0.2) is 9.37 Å². The Balaban J connectivity index is 1.68. The monoisotopic (exact) mass is 328 g/mol. The van der Waals surface area contributed by atoms with Gasteiger partial charge >= 0.3 is 0 Å². The maximum absolute atomic E-state index is 12.9. The third kappa shape index (κ3) is 3.40. The van der Waals surface area contributed by atoms with Crippen LogP contribution in [-0.2, 0) is 6.61 Å². The van der Waals surface area contributed by atoms with E-state index in [-0.39, 0.29) is 18.1 Å². The van der Waals surface area contributed by atoms with Crippen LogP contribution in [0.4, 0.5) is 10.1 Å². The van der Waals surface area contributed by atoms with Crippen LogP contribution in [-0.4, -0.2) is 9.91 Å². The molecule has 2 aromatic carbocycles. The Morgan fingerprint density at radius 3 is 2.67 bits per heavy atom. The van der Waals surface area contributed by atoms with Crippen molar-refractivity contribution in [3.05, 3.63) is 76.0 Å². The van der Waals surface area contributed by atoms with E-state index in [4.69, 9.17) is 9.15 Å². The number of hydrogen-bond acceptors (Lipinski definition) is 5. The number of hydrogen-bond donors (Lipinski definition) is 0. The lowest BCUT2D eigenvalue weighted by Crippen LogP contribution is -1.97. The zero-order valence-corrected chi connectivity index (χ0v) is 12.7. The van der Waals surface area contributed by atoms with E-state index in [1.165, 1.54) is 30.5 Å². The Labute approximate surface area is 136 Å². The maximum Gasteiger partial charge on any atom is 0.272 e. The van der Waals surface area contributed by atoms with Crippen LogP contribution >= 0.6 is 0 Å². The van der Waals surface area contributed by atoms with Gasteiger partial charge in [0, 0.05) is 17.2 Å². The van der Waals surface area contributed by atoms with E-state index in [2.05, 4.69) is 4.98 Å². The minimum atomic E-state index is -0.442. The molecule has 0 atom stereocenters. The number of nitro benzene ring substituents is 1. The molecule has 0 aliphatic rings. The smallest absolute Gasteiger partial charge is 0.272 e. The molecule has 0 aliphatic carbocycles. The van der Waals surface area contributed by atoms with Crippen LogP contribution in [0.3, 0.4) is 0 Å². The Morgan fingerprint density at radius 2 is 2.00 bits per heavy atom. The second-order valence-electron chi connectivity index (χ2n) is 5.12. The van der Waals surface area contributed by atoms with Crippen molar-refractivity contribution in [2.45, 2.75) is 13.5 Å². The third-order valence-electron chi connectivity index (χ3n) is 3.41. The van der Waals surface area contributed by atoms with Gasteiger partial charge in [0.15, 0.2) is 12.4 Å². The average molecular weight is 328 g/mol. The number of nitro groups is 1. The van der Waals surface area contributed by atoms with E-state index < -0.39 is 4.92 Å². The lowest BCUT2D eigenvalue weighted by Gasteiger charge is -2.05. The fourth-order valence-corrected chi connectivity index (χ4v) is 2.19. The van der Waals surface area contributed by atoms with E-state index in [1.807, 2.05) is 0 Å². The van der Waals surface area contributed by atoms with Gasteiger partial charge in [-0.15, -0.1) is 0 Å². The van der Waals surface area contributed by atoms with Crippen molar-refractivity contribution >= 4 is 5.69 Å². The molecule has 3 aromatic rings. The lowest BCUT2D eigenvalue weighted by molar-refractivity contribution is -0.385. The molecule has 0 saturated carbocycles. The molecule has 122 valence electrons. The number of benzene rings is 2. The van der Waals surface area contributed by atoms with E-state index in [9.17, 15) is 14.5 Å². The summed E-state index contributed by atoms with van der Waals surface area (Å²) in [4.78, 5) is 14.4. The first kappa shape index (κ1) is 15.7. The SMILES string of the molecule is Cc1cc(OCc2ncc(-c3ccc(F)cc3)o2)ccc1[N+](=O)[O-]. The predicted molar refractivity (Wildman–Crippen MR) is 84.1 cm³/mol. The Bertz CT molecular complexity index is 875. The van der Waals surface area contributed by atoms with E-state index >= 15 is 0 Å². The second-order valence-corrected chi connectivity index (χ2v) is 5.12. The van der Waals surface area contributed by atoms with Crippen molar-refractivity contribution in [1.82, 2.24) is 4.98 Å². The highest BCUT2D eigenvalue weighted by Crippen LogP contribution is 2.25. The highest BCUT2D eigenvalue weighted by Gasteiger charge is 2.12.